The fourth-order valence-corrected chi connectivity index (χ4v) is 6.15. The van der Waals surface area contributed by atoms with Gasteiger partial charge in [0, 0.05) is 27.6 Å². The molecule has 5 rings (SSSR count). The van der Waals surface area contributed by atoms with Gasteiger partial charge in [-0.3, -0.25) is 4.79 Å². The average molecular weight is 426 g/mol. The molecule has 4 heteroatoms. The van der Waals surface area contributed by atoms with E-state index >= 15 is 0 Å². The third-order valence-corrected chi connectivity index (χ3v) is 7.74. The molecule has 1 saturated heterocycles. The quantitative estimate of drug-likeness (QED) is 0.570. The number of hydrogen-bond acceptors (Lipinski definition) is 3. The molecule has 1 unspecified atom stereocenters. The Bertz CT molecular complexity index is 1250. The van der Waals surface area contributed by atoms with Crippen LogP contribution >= 0.6 is 0 Å². The maximum atomic E-state index is 13.9. The predicted molar refractivity (Wildman–Crippen MR) is 128 cm³/mol. The molecule has 1 aromatic heterocycles. The van der Waals surface area contributed by atoms with Gasteiger partial charge in [0.2, 0.25) is 0 Å². The van der Waals surface area contributed by atoms with Crippen molar-refractivity contribution in [2.24, 2.45) is 11.8 Å². The highest BCUT2D eigenvalue weighted by atomic mass is 16.1. The van der Waals surface area contributed by atoms with Gasteiger partial charge in [-0.05, 0) is 73.0 Å². The van der Waals surface area contributed by atoms with Crippen LogP contribution in [0.3, 0.4) is 0 Å². The molecule has 4 nitrogen and oxygen atoms in total. The molecule has 164 valence electrons. The molecule has 0 bridgehead atoms. The highest BCUT2D eigenvalue weighted by Crippen LogP contribution is 2.45. The molecule has 0 radical (unpaired) electrons. The number of rotatable bonds is 3. The van der Waals surface area contributed by atoms with E-state index in [1.807, 2.05) is 12.1 Å². The van der Waals surface area contributed by atoms with E-state index < -0.39 is 0 Å². The second kappa shape index (κ2) is 7.60. The summed E-state index contributed by atoms with van der Waals surface area (Å²) in [4.78, 5) is 17.3. The first-order chi connectivity index (χ1) is 15.3. The summed E-state index contributed by atoms with van der Waals surface area (Å²) < 4.78 is 0. The van der Waals surface area contributed by atoms with Gasteiger partial charge >= 0.3 is 0 Å². The first-order valence-corrected chi connectivity index (χ1v) is 11.8. The fraction of sp³-hybridized carbons (Fsp3) is 0.429. The van der Waals surface area contributed by atoms with E-state index in [0.717, 1.165) is 46.4 Å². The lowest BCUT2D eigenvalue weighted by molar-refractivity contribution is 0.103. The van der Waals surface area contributed by atoms with Crippen LogP contribution in [0, 0.1) is 23.2 Å². The van der Waals surface area contributed by atoms with Crippen LogP contribution in [-0.4, -0.2) is 23.9 Å². The molecule has 1 aliphatic heterocycles. The van der Waals surface area contributed by atoms with Gasteiger partial charge in [-0.1, -0.05) is 45.9 Å². The van der Waals surface area contributed by atoms with E-state index in [2.05, 4.69) is 62.3 Å². The Morgan fingerprint density at radius 3 is 2.53 bits per heavy atom. The Morgan fingerprint density at radius 2 is 1.84 bits per heavy atom. The van der Waals surface area contributed by atoms with Gasteiger partial charge in [-0.25, -0.2) is 0 Å². The highest BCUT2D eigenvalue weighted by Gasteiger charge is 2.40. The molecule has 1 fully saturated rings. The number of nitrogens with one attached hydrogen (secondary N) is 2. The number of H-pyrrole nitrogens is 1. The number of hydrogen-bond donors (Lipinski definition) is 2. The van der Waals surface area contributed by atoms with Crippen LogP contribution in [0.15, 0.2) is 36.4 Å². The third kappa shape index (κ3) is 3.11. The summed E-state index contributed by atoms with van der Waals surface area (Å²) in [7, 11) is 0. The van der Waals surface area contributed by atoms with Crippen molar-refractivity contribution in [1.82, 2.24) is 10.3 Å². The highest BCUT2D eigenvalue weighted by molar-refractivity contribution is 6.20. The Kier molecular flexibility index (Phi) is 4.98. The van der Waals surface area contributed by atoms with Gasteiger partial charge < -0.3 is 10.3 Å². The Balaban J connectivity index is 1.65. The first-order valence-electron chi connectivity index (χ1n) is 11.8. The predicted octanol–water partition coefficient (Wildman–Crippen LogP) is 5.65. The topological polar surface area (TPSA) is 68.7 Å². The minimum Gasteiger partial charge on any atom is -0.357 e. The molecule has 2 heterocycles. The number of aromatic nitrogens is 1. The van der Waals surface area contributed by atoms with E-state index in [0.29, 0.717) is 23.3 Å². The molecule has 2 aliphatic rings. The summed E-state index contributed by atoms with van der Waals surface area (Å²) in [5.74, 6) is 1.73. The molecular formula is C28H31N3O. The lowest BCUT2D eigenvalue weighted by atomic mass is 9.68. The molecule has 3 aromatic rings. The summed E-state index contributed by atoms with van der Waals surface area (Å²) in [5.41, 5.74) is 6.08. The Morgan fingerprint density at radius 1 is 1.09 bits per heavy atom. The van der Waals surface area contributed by atoms with Crippen molar-refractivity contribution in [3.63, 3.8) is 0 Å². The first kappa shape index (κ1) is 21.0. The number of carbonyl (C=O) groups is 1. The van der Waals surface area contributed by atoms with E-state index in [4.69, 9.17) is 0 Å². The number of benzene rings is 2. The van der Waals surface area contributed by atoms with Crippen molar-refractivity contribution in [1.29, 1.82) is 5.26 Å². The van der Waals surface area contributed by atoms with E-state index in [1.54, 1.807) is 6.07 Å². The van der Waals surface area contributed by atoms with Gasteiger partial charge in [0.25, 0.3) is 0 Å². The second-order valence-corrected chi connectivity index (χ2v) is 10.4. The second-order valence-electron chi connectivity index (χ2n) is 10.4. The van der Waals surface area contributed by atoms with Crippen LogP contribution in [0.4, 0.5) is 0 Å². The molecule has 0 spiro atoms. The van der Waals surface area contributed by atoms with Crippen molar-refractivity contribution in [2.75, 3.05) is 13.1 Å². The normalized spacial score (nSPS) is 18.9. The molecule has 1 atom stereocenters. The van der Waals surface area contributed by atoms with Crippen LogP contribution in [0.2, 0.25) is 0 Å². The van der Waals surface area contributed by atoms with Gasteiger partial charge in [-0.15, -0.1) is 0 Å². The van der Waals surface area contributed by atoms with E-state index in [9.17, 15) is 10.1 Å². The summed E-state index contributed by atoms with van der Waals surface area (Å²) in [6, 6.07) is 14.4. The van der Waals surface area contributed by atoms with E-state index in [-0.39, 0.29) is 11.2 Å². The Hall–Kier alpha value is -2.90. The molecule has 2 aromatic carbocycles. The number of aromatic amines is 1. The summed E-state index contributed by atoms with van der Waals surface area (Å²) >= 11 is 0. The van der Waals surface area contributed by atoms with Crippen LogP contribution in [0.1, 0.15) is 84.8 Å². The number of fused-ring (bicyclic) bond motifs is 4. The summed E-state index contributed by atoms with van der Waals surface area (Å²) in [6.07, 6.45) is 2.38. The number of nitriles is 1. The van der Waals surface area contributed by atoms with Crippen LogP contribution in [0.5, 0.6) is 0 Å². The third-order valence-electron chi connectivity index (χ3n) is 7.74. The smallest absolute Gasteiger partial charge is 0.195 e. The molecule has 0 amide bonds. The standard InChI is InChI=1S/C28H31N3O/c1-16(2)24(18-9-11-30-12-10-18)19-6-8-22-21(14-19)26(32)25-20-7-5-17(15-29)13-23(20)31-27(25)28(22,3)4/h5-8,13-14,16,18,24,30-31H,9-12H2,1-4H3. The number of nitrogens with zero attached hydrogens (tertiary/aromatic N) is 1. The maximum Gasteiger partial charge on any atom is 0.195 e. The fourth-order valence-electron chi connectivity index (χ4n) is 6.15. The molecule has 0 saturated carbocycles. The van der Waals surface area contributed by atoms with Crippen molar-refractivity contribution in [2.45, 2.75) is 51.9 Å². The van der Waals surface area contributed by atoms with Crippen LogP contribution in [-0.2, 0) is 5.41 Å². The van der Waals surface area contributed by atoms with Crippen LogP contribution < -0.4 is 5.32 Å². The summed E-state index contributed by atoms with van der Waals surface area (Å²) in [6.45, 7) is 11.1. The van der Waals surface area contributed by atoms with Crippen LogP contribution in [0.25, 0.3) is 10.9 Å². The SMILES string of the molecule is CC(C)C(c1ccc2c(c1)C(=O)c1c([nH]c3cc(C#N)ccc13)C2(C)C)C1CCNCC1. The molecule has 1 aliphatic carbocycles. The van der Waals surface area contributed by atoms with Crippen molar-refractivity contribution in [3.8, 4) is 6.07 Å². The average Bonchev–Trinajstić information content (AvgIpc) is 3.18. The van der Waals surface area contributed by atoms with Crippen molar-refractivity contribution in [3.05, 3.63) is 69.9 Å². The zero-order valence-corrected chi connectivity index (χ0v) is 19.4. The Labute approximate surface area is 190 Å². The zero-order valence-electron chi connectivity index (χ0n) is 19.4. The number of carbonyl (C=O) groups excluding carboxylic acids is 1. The van der Waals surface area contributed by atoms with Gasteiger partial charge in [-0.2, -0.15) is 5.26 Å². The van der Waals surface area contributed by atoms with Crippen molar-refractivity contribution < 1.29 is 4.79 Å². The zero-order chi connectivity index (χ0) is 22.6. The lowest BCUT2D eigenvalue weighted by Gasteiger charge is -2.36. The molecular weight excluding hydrogens is 394 g/mol. The molecule has 32 heavy (non-hydrogen) atoms. The minimum atomic E-state index is -0.314. The maximum absolute atomic E-state index is 13.9. The van der Waals surface area contributed by atoms with Crippen molar-refractivity contribution >= 4 is 16.7 Å². The van der Waals surface area contributed by atoms with Gasteiger partial charge in [0.05, 0.1) is 17.2 Å². The monoisotopic (exact) mass is 425 g/mol. The largest absolute Gasteiger partial charge is 0.357 e. The summed E-state index contributed by atoms with van der Waals surface area (Å²) in [5, 5.41) is 13.7. The van der Waals surface area contributed by atoms with Gasteiger partial charge in [0.1, 0.15) is 0 Å². The van der Waals surface area contributed by atoms with E-state index in [1.165, 1.54) is 18.4 Å². The number of ketones is 1. The minimum absolute atomic E-state index is 0.0972. The number of piperidine rings is 1. The van der Waals surface area contributed by atoms with Gasteiger partial charge in [0.15, 0.2) is 5.78 Å². The molecule has 2 N–H and O–H groups in total. The lowest BCUT2D eigenvalue weighted by Crippen LogP contribution is -2.33.